The van der Waals surface area contributed by atoms with Crippen molar-refractivity contribution in [2.24, 2.45) is 0 Å². The van der Waals surface area contributed by atoms with Crippen LogP contribution >= 0.6 is 0 Å². The van der Waals surface area contributed by atoms with Crippen molar-refractivity contribution < 1.29 is 0 Å². The van der Waals surface area contributed by atoms with E-state index in [0.717, 1.165) is 28.2 Å². The van der Waals surface area contributed by atoms with Crippen LogP contribution in [0, 0.1) is 0 Å². The molecule has 0 amide bonds. The van der Waals surface area contributed by atoms with Gasteiger partial charge in [0.15, 0.2) is 0 Å². The fraction of sp³-hybridized carbons (Fsp3) is 0.176. The van der Waals surface area contributed by atoms with Crippen LogP contribution in [0.4, 0.5) is 11.5 Å². The number of benzene rings is 2. The number of fused-ring (bicyclic) bond motifs is 1. The highest BCUT2D eigenvalue weighted by Crippen LogP contribution is 2.23. The topological polar surface area (TPSA) is 41.1 Å². The summed E-state index contributed by atoms with van der Waals surface area (Å²) in [6.07, 6.45) is 0. The number of aromatic nitrogens is 2. The van der Waals surface area contributed by atoms with Crippen LogP contribution in [-0.4, -0.2) is 29.0 Å². The van der Waals surface area contributed by atoms with Gasteiger partial charge in [0, 0.05) is 11.1 Å². The smallest absolute Gasteiger partial charge is 0.145 e. The van der Waals surface area contributed by atoms with Crippen molar-refractivity contribution in [2.45, 2.75) is 6.54 Å². The Morgan fingerprint density at radius 3 is 2.38 bits per heavy atom. The van der Waals surface area contributed by atoms with Crippen molar-refractivity contribution in [1.82, 2.24) is 14.9 Å². The molecule has 3 aromatic rings. The van der Waals surface area contributed by atoms with Gasteiger partial charge in [-0.05, 0) is 38.4 Å². The molecule has 0 aliphatic heterocycles. The van der Waals surface area contributed by atoms with Gasteiger partial charge in [-0.1, -0.05) is 30.3 Å². The van der Waals surface area contributed by atoms with E-state index in [2.05, 4.69) is 20.2 Å². The highest BCUT2D eigenvalue weighted by atomic mass is 15.1. The average molecular weight is 278 g/mol. The number of para-hydroxylation sites is 2. The molecule has 4 heteroatoms. The summed E-state index contributed by atoms with van der Waals surface area (Å²) >= 11 is 0. The van der Waals surface area contributed by atoms with Crippen LogP contribution in [0.2, 0.25) is 0 Å². The maximum atomic E-state index is 4.67. The van der Waals surface area contributed by atoms with Crippen LogP contribution < -0.4 is 5.32 Å². The van der Waals surface area contributed by atoms with Crippen molar-refractivity contribution in [1.29, 1.82) is 0 Å². The summed E-state index contributed by atoms with van der Waals surface area (Å²) in [6, 6.07) is 18.1. The average Bonchev–Trinajstić information content (AvgIpc) is 2.47. The molecule has 0 radical (unpaired) electrons. The Morgan fingerprint density at radius 1 is 0.905 bits per heavy atom. The van der Waals surface area contributed by atoms with E-state index in [0.29, 0.717) is 6.54 Å². The molecule has 0 saturated carbocycles. The van der Waals surface area contributed by atoms with E-state index in [4.69, 9.17) is 0 Å². The van der Waals surface area contributed by atoms with Gasteiger partial charge in [0.1, 0.15) is 11.6 Å². The summed E-state index contributed by atoms with van der Waals surface area (Å²) in [5.41, 5.74) is 1.99. The van der Waals surface area contributed by atoms with Crippen LogP contribution in [0.3, 0.4) is 0 Å². The van der Waals surface area contributed by atoms with Gasteiger partial charge in [0.05, 0.1) is 12.1 Å². The van der Waals surface area contributed by atoms with Crippen molar-refractivity contribution in [2.75, 3.05) is 19.4 Å². The Hall–Kier alpha value is -2.46. The third kappa shape index (κ3) is 3.17. The maximum Gasteiger partial charge on any atom is 0.145 e. The minimum atomic E-state index is 0.717. The third-order valence-electron chi connectivity index (χ3n) is 3.14. The predicted molar refractivity (Wildman–Crippen MR) is 86.7 cm³/mol. The Bertz CT molecular complexity index is 738. The van der Waals surface area contributed by atoms with Crippen LogP contribution in [-0.2, 0) is 6.54 Å². The van der Waals surface area contributed by atoms with Crippen molar-refractivity contribution in [3.8, 4) is 0 Å². The molecule has 3 rings (SSSR count). The zero-order chi connectivity index (χ0) is 14.7. The van der Waals surface area contributed by atoms with Gasteiger partial charge >= 0.3 is 0 Å². The quantitative estimate of drug-likeness (QED) is 0.793. The first kappa shape index (κ1) is 13.5. The molecular formula is C17H18N4. The van der Waals surface area contributed by atoms with Gasteiger partial charge < -0.3 is 10.2 Å². The first-order valence-electron chi connectivity index (χ1n) is 6.95. The molecule has 21 heavy (non-hydrogen) atoms. The molecule has 0 saturated heterocycles. The van der Waals surface area contributed by atoms with Crippen molar-refractivity contribution in [3.63, 3.8) is 0 Å². The van der Waals surface area contributed by atoms with E-state index in [1.807, 2.05) is 68.7 Å². The molecule has 106 valence electrons. The minimum absolute atomic E-state index is 0.717. The Labute approximate surface area is 124 Å². The Morgan fingerprint density at radius 2 is 1.62 bits per heavy atom. The first-order chi connectivity index (χ1) is 10.2. The zero-order valence-corrected chi connectivity index (χ0v) is 12.2. The largest absolute Gasteiger partial charge is 0.340 e. The molecule has 1 aromatic heterocycles. The highest BCUT2D eigenvalue weighted by Gasteiger charge is 2.08. The van der Waals surface area contributed by atoms with Crippen molar-refractivity contribution >= 4 is 22.4 Å². The maximum absolute atomic E-state index is 4.67. The van der Waals surface area contributed by atoms with Crippen LogP contribution in [0.1, 0.15) is 5.82 Å². The summed E-state index contributed by atoms with van der Waals surface area (Å²) in [7, 11) is 4.03. The van der Waals surface area contributed by atoms with Gasteiger partial charge in [0.25, 0.3) is 0 Å². The van der Waals surface area contributed by atoms with E-state index in [-0.39, 0.29) is 0 Å². The van der Waals surface area contributed by atoms with Crippen LogP contribution in [0.5, 0.6) is 0 Å². The number of anilines is 2. The first-order valence-corrected chi connectivity index (χ1v) is 6.95. The van der Waals surface area contributed by atoms with Gasteiger partial charge in [-0.25, -0.2) is 9.97 Å². The third-order valence-corrected chi connectivity index (χ3v) is 3.14. The van der Waals surface area contributed by atoms with Crippen molar-refractivity contribution in [3.05, 3.63) is 60.4 Å². The second kappa shape index (κ2) is 5.89. The summed E-state index contributed by atoms with van der Waals surface area (Å²) in [5.74, 6) is 1.67. The monoisotopic (exact) mass is 278 g/mol. The molecule has 1 heterocycles. The van der Waals surface area contributed by atoms with Crippen LogP contribution in [0.25, 0.3) is 10.9 Å². The number of hydrogen-bond donors (Lipinski definition) is 1. The van der Waals surface area contributed by atoms with E-state index >= 15 is 0 Å². The molecule has 4 nitrogen and oxygen atoms in total. The standard InChI is InChI=1S/C17H18N4/c1-21(2)12-16-19-15-11-7-6-10-14(15)17(20-16)18-13-8-4-3-5-9-13/h3-11H,12H2,1-2H3,(H,18,19,20). The molecule has 0 aliphatic rings. The van der Waals surface area contributed by atoms with Crippen LogP contribution in [0.15, 0.2) is 54.6 Å². The molecule has 0 bridgehead atoms. The second-order valence-electron chi connectivity index (χ2n) is 5.23. The zero-order valence-electron chi connectivity index (χ0n) is 12.2. The van der Waals surface area contributed by atoms with Gasteiger partial charge in [-0.15, -0.1) is 0 Å². The van der Waals surface area contributed by atoms with Gasteiger partial charge in [0.2, 0.25) is 0 Å². The Balaban J connectivity index is 2.06. The summed E-state index contributed by atoms with van der Waals surface area (Å²) < 4.78 is 0. The lowest BCUT2D eigenvalue weighted by atomic mass is 10.2. The summed E-state index contributed by atoms with van der Waals surface area (Å²) in [4.78, 5) is 11.4. The number of hydrogen-bond acceptors (Lipinski definition) is 4. The lowest BCUT2D eigenvalue weighted by Gasteiger charge is -2.13. The molecule has 1 N–H and O–H groups in total. The van der Waals surface area contributed by atoms with Gasteiger partial charge in [-0.3, -0.25) is 0 Å². The summed E-state index contributed by atoms with van der Waals surface area (Å²) in [6.45, 7) is 0.717. The molecular weight excluding hydrogens is 260 g/mol. The second-order valence-corrected chi connectivity index (χ2v) is 5.23. The van der Waals surface area contributed by atoms with E-state index in [9.17, 15) is 0 Å². The molecule has 0 fully saturated rings. The number of nitrogens with one attached hydrogen (secondary N) is 1. The molecule has 0 aliphatic carbocycles. The summed E-state index contributed by atoms with van der Waals surface area (Å²) in [5, 5.41) is 4.42. The SMILES string of the molecule is CN(C)Cc1nc(Nc2ccccc2)c2ccccc2n1. The minimum Gasteiger partial charge on any atom is -0.340 e. The van der Waals surface area contributed by atoms with Gasteiger partial charge in [-0.2, -0.15) is 0 Å². The predicted octanol–water partition coefficient (Wildman–Crippen LogP) is 3.44. The fourth-order valence-electron chi connectivity index (χ4n) is 2.23. The normalized spacial score (nSPS) is 11.0. The molecule has 0 spiro atoms. The number of rotatable bonds is 4. The van der Waals surface area contributed by atoms with E-state index < -0.39 is 0 Å². The lowest BCUT2D eigenvalue weighted by molar-refractivity contribution is 0.391. The molecule has 0 unspecified atom stereocenters. The molecule has 0 atom stereocenters. The lowest BCUT2D eigenvalue weighted by Crippen LogP contribution is -2.14. The Kier molecular flexibility index (Phi) is 3.79. The fourth-order valence-corrected chi connectivity index (χ4v) is 2.23. The van der Waals surface area contributed by atoms with E-state index in [1.54, 1.807) is 0 Å². The highest BCUT2D eigenvalue weighted by molar-refractivity contribution is 5.90. The van der Waals surface area contributed by atoms with E-state index in [1.165, 1.54) is 0 Å². The molecule has 2 aromatic carbocycles. The number of nitrogens with zero attached hydrogens (tertiary/aromatic N) is 3.